The van der Waals surface area contributed by atoms with Gasteiger partial charge in [-0.05, 0) is 40.5 Å². The quantitative estimate of drug-likeness (QED) is 0.128. The summed E-state index contributed by atoms with van der Waals surface area (Å²) in [7, 11) is 0. The van der Waals surface area contributed by atoms with Crippen molar-refractivity contribution < 1.29 is 9.78 Å². The van der Waals surface area contributed by atoms with Crippen molar-refractivity contribution >= 4 is 0 Å². The third-order valence-electron chi connectivity index (χ3n) is 5.26. The van der Waals surface area contributed by atoms with Gasteiger partial charge in [0.2, 0.25) is 0 Å². The van der Waals surface area contributed by atoms with E-state index in [-0.39, 0.29) is 11.2 Å². The minimum Gasteiger partial charge on any atom is -0.230 e. The molecule has 0 atom stereocenters. The van der Waals surface area contributed by atoms with Crippen molar-refractivity contribution in [2.45, 2.75) is 155 Å². The molecule has 158 valence electrons. The molecule has 0 amide bonds. The SMILES string of the molecule is CCCCCCCCCC(C)(C)OOC(C)(C)CCCCCCCCC. The molecule has 0 fully saturated rings. The smallest absolute Gasteiger partial charge is 0.0980 e. The van der Waals surface area contributed by atoms with Gasteiger partial charge >= 0.3 is 0 Å². The van der Waals surface area contributed by atoms with Crippen molar-refractivity contribution in [3.05, 3.63) is 0 Å². The zero-order valence-corrected chi connectivity index (χ0v) is 19.1. The van der Waals surface area contributed by atoms with Crippen LogP contribution < -0.4 is 0 Å². The zero-order chi connectivity index (χ0) is 19.7. The maximum Gasteiger partial charge on any atom is 0.0980 e. The number of unbranched alkanes of at least 4 members (excludes halogenated alkanes) is 12. The van der Waals surface area contributed by atoms with Gasteiger partial charge in [0.05, 0.1) is 11.2 Å². The van der Waals surface area contributed by atoms with Gasteiger partial charge in [0.15, 0.2) is 0 Å². The summed E-state index contributed by atoms with van der Waals surface area (Å²) < 4.78 is 0. The van der Waals surface area contributed by atoms with Crippen LogP contribution in [-0.2, 0) is 9.78 Å². The van der Waals surface area contributed by atoms with Crippen molar-refractivity contribution in [3.8, 4) is 0 Å². The maximum absolute atomic E-state index is 5.85. The first kappa shape index (κ1) is 25.9. The van der Waals surface area contributed by atoms with Crippen LogP contribution in [0.25, 0.3) is 0 Å². The molecule has 0 aliphatic heterocycles. The molecular formula is C24H50O2. The van der Waals surface area contributed by atoms with Crippen LogP contribution in [0.2, 0.25) is 0 Å². The Morgan fingerprint density at radius 1 is 0.423 bits per heavy atom. The molecule has 0 unspecified atom stereocenters. The maximum atomic E-state index is 5.85. The molecule has 0 spiro atoms. The van der Waals surface area contributed by atoms with Gasteiger partial charge < -0.3 is 0 Å². The van der Waals surface area contributed by atoms with E-state index in [1.54, 1.807) is 0 Å². The van der Waals surface area contributed by atoms with Crippen LogP contribution in [0, 0.1) is 0 Å². The molecule has 0 radical (unpaired) electrons. The average Bonchev–Trinajstić information content (AvgIpc) is 2.59. The molecule has 0 aromatic carbocycles. The molecule has 2 nitrogen and oxygen atoms in total. The highest BCUT2D eigenvalue weighted by Crippen LogP contribution is 2.26. The predicted octanol–water partition coefficient (Wildman–Crippen LogP) is 8.77. The van der Waals surface area contributed by atoms with E-state index >= 15 is 0 Å². The summed E-state index contributed by atoms with van der Waals surface area (Å²) in [4.78, 5) is 11.7. The fourth-order valence-corrected chi connectivity index (χ4v) is 3.32. The molecule has 0 saturated heterocycles. The third kappa shape index (κ3) is 17.3. The van der Waals surface area contributed by atoms with Gasteiger partial charge in [0, 0.05) is 0 Å². The molecule has 0 bridgehead atoms. The third-order valence-corrected chi connectivity index (χ3v) is 5.26. The minimum atomic E-state index is -0.180. The lowest BCUT2D eigenvalue weighted by Gasteiger charge is -2.31. The van der Waals surface area contributed by atoms with E-state index in [4.69, 9.17) is 9.78 Å². The Labute approximate surface area is 165 Å². The van der Waals surface area contributed by atoms with Crippen molar-refractivity contribution in [2.75, 3.05) is 0 Å². The first-order valence-electron chi connectivity index (χ1n) is 11.7. The largest absolute Gasteiger partial charge is 0.230 e. The van der Waals surface area contributed by atoms with Crippen molar-refractivity contribution in [1.29, 1.82) is 0 Å². The summed E-state index contributed by atoms with van der Waals surface area (Å²) >= 11 is 0. The number of hydrogen-bond donors (Lipinski definition) is 0. The molecule has 0 aromatic heterocycles. The highest BCUT2D eigenvalue weighted by Gasteiger charge is 2.26. The fourth-order valence-electron chi connectivity index (χ4n) is 3.32. The number of rotatable bonds is 19. The molecule has 0 saturated carbocycles. The van der Waals surface area contributed by atoms with E-state index in [1.807, 2.05) is 0 Å². The fraction of sp³-hybridized carbons (Fsp3) is 1.00. The summed E-state index contributed by atoms with van der Waals surface area (Å²) in [5.41, 5.74) is -0.359. The van der Waals surface area contributed by atoms with Crippen LogP contribution in [0.15, 0.2) is 0 Å². The van der Waals surface area contributed by atoms with Gasteiger partial charge in [-0.1, -0.05) is 104 Å². The second-order valence-electron chi connectivity index (χ2n) is 9.43. The molecule has 26 heavy (non-hydrogen) atoms. The molecule has 0 heterocycles. The van der Waals surface area contributed by atoms with E-state index in [0.29, 0.717) is 0 Å². The molecule has 0 rings (SSSR count). The van der Waals surface area contributed by atoms with Crippen LogP contribution in [0.4, 0.5) is 0 Å². The average molecular weight is 371 g/mol. The van der Waals surface area contributed by atoms with Crippen LogP contribution in [0.1, 0.15) is 144 Å². The van der Waals surface area contributed by atoms with Crippen LogP contribution in [-0.4, -0.2) is 11.2 Å². The lowest BCUT2D eigenvalue weighted by Crippen LogP contribution is -2.32. The second-order valence-corrected chi connectivity index (χ2v) is 9.43. The molecule has 0 aliphatic carbocycles. The summed E-state index contributed by atoms with van der Waals surface area (Å²) in [6, 6.07) is 0. The topological polar surface area (TPSA) is 18.5 Å². The van der Waals surface area contributed by atoms with Crippen molar-refractivity contribution in [1.82, 2.24) is 0 Å². The molecule has 0 aromatic rings. The predicted molar refractivity (Wildman–Crippen MR) is 116 cm³/mol. The van der Waals surface area contributed by atoms with Crippen LogP contribution >= 0.6 is 0 Å². The lowest BCUT2D eigenvalue weighted by molar-refractivity contribution is -0.403. The molecule has 0 aliphatic rings. The Bertz CT molecular complexity index is 267. The van der Waals surface area contributed by atoms with Crippen LogP contribution in [0.3, 0.4) is 0 Å². The Kier molecular flexibility index (Phi) is 15.9. The van der Waals surface area contributed by atoms with Gasteiger partial charge in [-0.2, -0.15) is 0 Å². The summed E-state index contributed by atoms with van der Waals surface area (Å²) in [5.74, 6) is 0. The Morgan fingerprint density at radius 2 is 0.692 bits per heavy atom. The van der Waals surface area contributed by atoms with Gasteiger partial charge in [-0.3, -0.25) is 0 Å². The number of hydrogen-bond acceptors (Lipinski definition) is 2. The standard InChI is InChI=1S/C24H50O2/c1-7-9-11-13-15-17-19-21-23(3,4)25-26-24(5,6)22-20-18-16-14-12-10-8-2/h7-22H2,1-6H3. The summed E-state index contributed by atoms with van der Waals surface area (Å²) in [5, 5.41) is 0. The Balaban J connectivity index is 3.72. The van der Waals surface area contributed by atoms with Gasteiger partial charge in [-0.15, -0.1) is 0 Å². The van der Waals surface area contributed by atoms with Crippen molar-refractivity contribution in [2.24, 2.45) is 0 Å². The second kappa shape index (κ2) is 15.9. The monoisotopic (exact) mass is 370 g/mol. The van der Waals surface area contributed by atoms with E-state index in [0.717, 1.165) is 12.8 Å². The Morgan fingerprint density at radius 3 is 1.00 bits per heavy atom. The van der Waals surface area contributed by atoms with Crippen molar-refractivity contribution in [3.63, 3.8) is 0 Å². The molecular weight excluding hydrogens is 320 g/mol. The summed E-state index contributed by atoms with van der Waals surface area (Å²) in [6.45, 7) is 13.2. The van der Waals surface area contributed by atoms with Gasteiger partial charge in [-0.25, -0.2) is 9.78 Å². The first-order valence-corrected chi connectivity index (χ1v) is 11.7. The highest BCUT2D eigenvalue weighted by atomic mass is 17.2. The zero-order valence-electron chi connectivity index (χ0n) is 19.1. The van der Waals surface area contributed by atoms with E-state index < -0.39 is 0 Å². The molecule has 2 heteroatoms. The summed E-state index contributed by atoms with van der Waals surface area (Å²) in [6.07, 6.45) is 21.0. The van der Waals surface area contributed by atoms with Crippen LogP contribution in [0.5, 0.6) is 0 Å². The van der Waals surface area contributed by atoms with E-state index in [9.17, 15) is 0 Å². The van der Waals surface area contributed by atoms with Gasteiger partial charge in [0.1, 0.15) is 0 Å². The normalized spacial score (nSPS) is 12.7. The first-order chi connectivity index (χ1) is 12.3. The van der Waals surface area contributed by atoms with E-state index in [1.165, 1.54) is 89.9 Å². The highest BCUT2D eigenvalue weighted by molar-refractivity contribution is 4.70. The lowest BCUT2D eigenvalue weighted by atomic mass is 9.99. The molecule has 0 N–H and O–H groups in total. The van der Waals surface area contributed by atoms with E-state index in [2.05, 4.69) is 41.5 Å². The van der Waals surface area contributed by atoms with Gasteiger partial charge in [0.25, 0.3) is 0 Å². The Hall–Kier alpha value is -0.0800. The minimum absolute atomic E-state index is 0.180.